The molecule has 1 aromatic carbocycles. The molecule has 0 radical (unpaired) electrons. The van der Waals surface area contributed by atoms with E-state index in [0.717, 1.165) is 21.1 Å². The summed E-state index contributed by atoms with van der Waals surface area (Å²) in [6.45, 7) is 6.49. The molecule has 0 aliphatic rings. The van der Waals surface area contributed by atoms with Crippen molar-refractivity contribution in [2.75, 3.05) is 0 Å². The quantitative estimate of drug-likeness (QED) is 0.325. The van der Waals surface area contributed by atoms with Gasteiger partial charge in [0.25, 0.3) is 0 Å². The van der Waals surface area contributed by atoms with Crippen molar-refractivity contribution in [2.45, 2.75) is 37.6 Å². The van der Waals surface area contributed by atoms with E-state index in [-0.39, 0.29) is 0 Å². The van der Waals surface area contributed by atoms with Crippen molar-refractivity contribution in [3.63, 3.8) is 0 Å². The summed E-state index contributed by atoms with van der Waals surface area (Å²) in [5, 5.41) is 2.27. The van der Waals surface area contributed by atoms with Crippen molar-refractivity contribution in [3.05, 3.63) is 51.5 Å². The van der Waals surface area contributed by atoms with Crippen LogP contribution in [0.4, 0.5) is 0 Å². The standard InChI is InChI=1S/C17H17ClN2S2/c1-10(2)14-8-13-15(18)19-17(20-16(13)22-14)21-9-12-7-5-4-6-11(12)3/h4-8,10H,9H2,1-3H3. The number of thioether (sulfide) groups is 1. The molecular formula is C17H17ClN2S2. The van der Waals surface area contributed by atoms with Gasteiger partial charge in [-0.1, -0.05) is 61.5 Å². The molecule has 0 unspecified atom stereocenters. The van der Waals surface area contributed by atoms with Crippen LogP contribution in [0.15, 0.2) is 35.5 Å². The zero-order valence-electron chi connectivity index (χ0n) is 12.8. The molecule has 0 amide bonds. The van der Waals surface area contributed by atoms with Crippen LogP contribution in [0.25, 0.3) is 10.2 Å². The maximum absolute atomic E-state index is 6.34. The summed E-state index contributed by atoms with van der Waals surface area (Å²) in [5.74, 6) is 1.34. The summed E-state index contributed by atoms with van der Waals surface area (Å²) >= 11 is 9.68. The Balaban J connectivity index is 1.87. The normalized spacial score (nSPS) is 11.5. The molecule has 3 aromatic rings. The number of benzene rings is 1. The second-order valence-corrected chi connectivity index (χ2v) is 7.90. The molecule has 0 saturated carbocycles. The first-order valence-corrected chi connectivity index (χ1v) is 9.37. The van der Waals surface area contributed by atoms with Gasteiger partial charge in [0.1, 0.15) is 9.98 Å². The van der Waals surface area contributed by atoms with E-state index in [9.17, 15) is 0 Å². The lowest BCUT2D eigenvalue weighted by atomic mass is 10.1. The summed E-state index contributed by atoms with van der Waals surface area (Å²) in [7, 11) is 0. The van der Waals surface area contributed by atoms with Crippen LogP contribution in [-0.2, 0) is 5.75 Å². The van der Waals surface area contributed by atoms with Crippen LogP contribution in [0.1, 0.15) is 35.8 Å². The molecule has 0 spiro atoms. The minimum absolute atomic E-state index is 0.485. The largest absolute Gasteiger partial charge is 0.211 e. The minimum Gasteiger partial charge on any atom is -0.211 e. The van der Waals surface area contributed by atoms with Gasteiger partial charge in [-0.15, -0.1) is 11.3 Å². The van der Waals surface area contributed by atoms with Gasteiger partial charge in [-0.2, -0.15) is 0 Å². The zero-order chi connectivity index (χ0) is 15.7. The Kier molecular flexibility index (Phi) is 4.71. The molecule has 0 saturated heterocycles. The van der Waals surface area contributed by atoms with Gasteiger partial charge in [0.15, 0.2) is 5.16 Å². The van der Waals surface area contributed by atoms with Crippen molar-refractivity contribution in [1.29, 1.82) is 0 Å². The van der Waals surface area contributed by atoms with Crippen molar-refractivity contribution >= 4 is 44.9 Å². The van der Waals surface area contributed by atoms with E-state index in [0.29, 0.717) is 11.1 Å². The fraction of sp³-hybridized carbons (Fsp3) is 0.294. The van der Waals surface area contributed by atoms with Crippen LogP contribution in [0, 0.1) is 6.92 Å². The number of halogens is 1. The van der Waals surface area contributed by atoms with Crippen molar-refractivity contribution < 1.29 is 0 Å². The summed E-state index contributed by atoms with van der Waals surface area (Å²) in [4.78, 5) is 11.4. The highest BCUT2D eigenvalue weighted by Crippen LogP contribution is 2.34. The smallest absolute Gasteiger partial charge is 0.190 e. The average molecular weight is 349 g/mol. The molecule has 3 rings (SSSR count). The lowest BCUT2D eigenvalue weighted by Gasteiger charge is -2.04. The van der Waals surface area contributed by atoms with Gasteiger partial charge >= 0.3 is 0 Å². The maximum atomic E-state index is 6.34. The van der Waals surface area contributed by atoms with E-state index in [1.54, 1.807) is 23.1 Å². The summed E-state index contributed by atoms with van der Waals surface area (Å²) in [6, 6.07) is 10.5. The Bertz CT molecular complexity index is 812. The van der Waals surface area contributed by atoms with Gasteiger partial charge in [0.2, 0.25) is 0 Å². The Morgan fingerprint density at radius 3 is 2.73 bits per heavy atom. The second-order valence-electron chi connectivity index (χ2n) is 5.53. The molecule has 114 valence electrons. The van der Waals surface area contributed by atoms with E-state index < -0.39 is 0 Å². The van der Waals surface area contributed by atoms with E-state index in [1.807, 2.05) is 0 Å². The van der Waals surface area contributed by atoms with E-state index in [4.69, 9.17) is 11.6 Å². The number of hydrogen-bond donors (Lipinski definition) is 0. The van der Waals surface area contributed by atoms with Crippen molar-refractivity contribution in [3.8, 4) is 0 Å². The van der Waals surface area contributed by atoms with Gasteiger partial charge in [0, 0.05) is 16.0 Å². The van der Waals surface area contributed by atoms with Gasteiger partial charge in [-0.05, 0) is 30.0 Å². The lowest BCUT2D eigenvalue weighted by Crippen LogP contribution is -1.90. The second kappa shape index (κ2) is 6.57. The topological polar surface area (TPSA) is 25.8 Å². The van der Waals surface area contributed by atoms with Crippen LogP contribution in [0.2, 0.25) is 5.15 Å². The molecule has 22 heavy (non-hydrogen) atoms. The Morgan fingerprint density at radius 1 is 1.23 bits per heavy atom. The van der Waals surface area contributed by atoms with Crippen molar-refractivity contribution in [2.24, 2.45) is 0 Å². The zero-order valence-corrected chi connectivity index (χ0v) is 15.1. The van der Waals surface area contributed by atoms with Crippen LogP contribution in [0.3, 0.4) is 0 Å². The van der Waals surface area contributed by atoms with Crippen LogP contribution in [0.5, 0.6) is 0 Å². The number of rotatable bonds is 4. The summed E-state index contributed by atoms with van der Waals surface area (Å²) in [6.07, 6.45) is 0. The lowest BCUT2D eigenvalue weighted by molar-refractivity contribution is 0.890. The van der Waals surface area contributed by atoms with Crippen molar-refractivity contribution in [1.82, 2.24) is 9.97 Å². The predicted molar refractivity (Wildman–Crippen MR) is 97.3 cm³/mol. The fourth-order valence-electron chi connectivity index (χ4n) is 2.15. The Hall–Kier alpha value is -1.10. The van der Waals surface area contributed by atoms with Crippen LogP contribution >= 0.6 is 34.7 Å². The van der Waals surface area contributed by atoms with E-state index in [2.05, 4.69) is 61.1 Å². The highest BCUT2D eigenvalue weighted by Gasteiger charge is 2.12. The summed E-state index contributed by atoms with van der Waals surface area (Å²) < 4.78 is 0. The first-order valence-electron chi connectivity index (χ1n) is 7.19. The van der Waals surface area contributed by atoms with E-state index in [1.165, 1.54) is 16.0 Å². The SMILES string of the molecule is Cc1ccccc1CSc1nc(Cl)c2cc(C(C)C)sc2n1. The third-order valence-corrected chi connectivity index (χ3v) is 6.05. The predicted octanol–water partition coefficient (Wildman–Crippen LogP) is 6.07. The average Bonchev–Trinajstić information content (AvgIpc) is 2.91. The van der Waals surface area contributed by atoms with Crippen LogP contribution in [-0.4, -0.2) is 9.97 Å². The molecule has 0 N–H and O–H groups in total. The number of aromatic nitrogens is 2. The molecule has 0 aliphatic carbocycles. The number of fused-ring (bicyclic) bond motifs is 1. The number of thiophene rings is 1. The highest BCUT2D eigenvalue weighted by atomic mass is 35.5. The number of aryl methyl sites for hydroxylation is 1. The monoisotopic (exact) mass is 348 g/mol. The molecular weight excluding hydrogens is 332 g/mol. The maximum Gasteiger partial charge on any atom is 0.190 e. The number of nitrogens with zero attached hydrogens (tertiary/aromatic N) is 2. The molecule has 0 atom stereocenters. The molecule has 2 heterocycles. The van der Waals surface area contributed by atoms with Crippen LogP contribution < -0.4 is 0 Å². The third kappa shape index (κ3) is 3.29. The molecule has 0 bridgehead atoms. The fourth-order valence-corrected chi connectivity index (χ4v) is 4.49. The van der Waals surface area contributed by atoms with Gasteiger partial charge in [-0.25, -0.2) is 9.97 Å². The summed E-state index contributed by atoms with van der Waals surface area (Å²) in [5.41, 5.74) is 2.60. The first kappa shape index (κ1) is 15.8. The third-order valence-electron chi connectivity index (χ3n) is 3.53. The van der Waals surface area contributed by atoms with E-state index >= 15 is 0 Å². The Morgan fingerprint density at radius 2 is 2.00 bits per heavy atom. The molecule has 0 fully saturated rings. The van der Waals surface area contributed by atoms with Gasteiger partial charge < -0.3 is 0 Å². The Labute approximate surface area is 144 Å². The van der Waals surface area contributed by atoms with Gasteiger partial charge in [0.05, 0.1) is 0 Å². The highest BCUT2D eigenvalue weighted by molar-refractivity contribution is 7.98. The first-order chi connectivity index (χ1) is 10.5. The van der Waals surface area contributed by atoms with Gasteiger partial charge in [-0.3, -0.25) is 0 Å². The molecule has 5 heteroatoms. The minimum atomic E-state index is 0.485. The molecule has 2 aromatic heterocycles. The molecule has 2 nitrogen and oxygen atoms in total. The molecule has 0 aliphatic heterocycles. The number of hydrogen-bond acceptors (Lipinski definition) is 4.